The lowest BCUT2D eigenvalue weighted by Gasteiger charge is -2.29. The largest absolute Gasteiger partial charge is 0.481 e. The fourth-order valence-corrected chi connectivity index (χ4v) is 5.31. The molecule has 0 bridgehead atoms. The van der Waals surface area contributed by atoms with Crippen molar-refractivity contribution >= 4 is 28.4 Å². The summed E-state index contributed by atoms with van der Waals surface area (Å²) in [7, 11) is 0. The van der Waals surface area contributed by atoms with E-state index in [2.05, 4.69) is 28.9 Å². The summed E-state index contributed by atoms with van der Waals surface area (Å²) in [6.45, 7) is 2.82. The summed E-state index contributed by atoms with van der Waals surface area (Å²) in [5.41, 5.74) is 6.81. The minimum Gasteiger partial charge on any atom is -0.481 e. The van der Waals surface area contributed by atoms with Gasteiger partial charge in [0.2, 0.25) is 0 Å². The molecule has 2 aromatic heterocycles. The number of carboxylic acids is 1. The monoisotopic (exact) mass is 425 g/mol. The Morgan fingerprint density at radius 2 is 2.03 bits per heavy atom. The van der Waals surface area contributed by atoms with E-state index in [9.17, 15) is 9.90 Å². The minimum absolute atomic E-state index is 0.215. The second-order valence-corrected chi connectivity index (χ2v) is 9.16. The van der Waals surface area contributed by atoms with Crippen LogP contribution in [0.4, 0.5) is 5.69 Å². The van der Waals surface area contributed by atoms with Crippen LogP contribution in [0.15, 0.2) is 18.5 Å². The number of carboxylic acid groups (broad SMARTS) is 1. The molecule has 3 heterocycles. The Morgan fingerprint density at radius 3 is 2.74 bits per heavy atom. The molecule has 31 heavy (non-hydrogen) atoms. The van der Waals surface area contributed by atoms with E-state index >= 15 is 0 Å². The third kappa shape index (κ3) is 3.78. The Morgan fingerprint density at radius 1 is 1.26 bits per heavy atom. The van der Waals surface area contributed by atoms with Gasteiger partial charge in [-0.2, -0.15) is 5.10 Å². The summed E-state index contributed by atoms with van der Waals surface area (Å²) in [6.07, 6.45) is 14.8. The number of aryl methyl sites for hydroxylation is 1. The zero-order valence-corrected chi connectivity index (χ0v) is 18.1. The van der Waals surface area contributed by atoms with E-state index in [0.29, 0.717) is 12.8 Å². The van der Waals surface area contributed by atoms with Gasteiger partial charge in [0.25, 0.3) is 0 Å². The molecule has 1 aliphatic heterocycles. The van der Waals surface area contributed by atoms with Crippen molar-refractivity contribution in [2.24, 2.45) is 5.92 Å². The maximum Gasteiger partial charge on any atom is 0.306 e. The average molecular weight is 426 g/mol. The SMILES string of the molecule is CCn1ncc2c(NC3CCC(C(=O)O)CC3)c(C3=CC4(CCCCC4)ON3)cnc21. The van der Waals surface area contributed by atoms with Crippen LogP contribution in [-0.4, -0.2) is 37.5 Å². The van der Waals surface area contributed by atoms with Crippen LogP contribution in [0.25, 0.3) is 16.7 Å². The highest BCUT2D eigenvalue weighted by Gasteiger charge is 2.37. The summed E-state index contributed by atoms with van der Waals surface area (Å²) in [5, 5.41) is 18.6. The molecule has 2 aliphatic carbocycles. The molecular formula is C23H31N5O3. The first kappa shape index (κ1) is 20.3. The van der Waals surface area contributed by atoms with Crippen LogP contribution in [0.1, 0.15) is 70.3 Å². The molecule has 0 unspecified atom stereocenters. The molecule has 0 saturated heterocycles. The fraction of sp³-hybridized carbons (Fsp3) is 0.609. The second-order valence-electron chi connectivity index (χ2n) is 9.16. The van der Waals surface area contributed by atoms with Gasteiger partial charge in [0.1, 0.15) is 5.60 Å². The van der Waals surface area contributed by atoms with Gasteiger partial charge in [0.15, 0.2) is 5.65 Å². The predicted molar refractivity (Wildman–Crippen MR) is 118 cm³/mol. The molecule has 2 saturated carbocycles. The van der Waals surface area contributed by atoms with Gasteiger partial charge in [0.05, 0.1) is 28.9 Å². The summed E-state index contributed by atoms with van der Waals surface area (Å²) in [5.74, 6) is -0.901. The fourth-order valence-electron chi connectivity index (χ4n) is 5.31. The Labute approximate surface area is 182 Å². The van der Waals surface area contributed by atoms with Gasteiger partial charge in [0, 0.05) is 24.3 Å². The van der Waals surface area contributed by atoms with Crippen LogP contribution in [-0.2, 0) is 16.2 Å². The number of rotatable bonds is 5. The third-order valence-corrected chi connectivity index (χ3v) is 7.15. The number of aromatic nitrogens is 3. The summed E-state index contributed by atoms with van der Waals surface area (Å²) >= 11 is 0. The van der Waals surface area contributed by atoms with E-state index in [4.69, 9.17) is 9.82 Å². The standard InChI is InChI=1S/C23H31N5O3/c1-2-28-21-18(14-25-28)20(26-16-8-6-15(7-9-16)22(29)30)17(13-24-21)19-12-23(31-27-19)10-4-3-5-11-23/h12-16,27H,2-11H2,1H3,(H,24,26)(H,29,30). The van der Waals surface area contributed by atoms with Gasteiger partial charge in [-0.25, -0.2) is 9.67 Å². The normalized spacial score (nSPS) is 25.4. The Kier molecular flexibility index (Phi) is 5.33. The van der Waals surface area contributed by atoms with E-state index < -0.39 is 5.97 Å². The first-order chi connectivity index (χ1) is 15.1. The molecule has 0 atom stereocenters. The number of nitrogens with one attached hydrogen (secondary N) is 2. The molecule has 5 rings (SSSR count). The highest BCUT2D eigenvalue weighted by atomic mass is 16.7. The number of pyridine rings is 1. The summed E-state index contributed by atoms with van der Waals surface area (Å²) in [6, 6.07) is 0.233. The van der Waals surface area contributed by atoms with Crippen molar-refractivity contribution in [2.75, 3.05) is 5.32 Å². The van der Waals surface area contributed by atoms with E-state index in [1.165, 1.54) is 19.3 Å². The van der Waals surface area contributed by atoms with Gasteiger partial charge in [-0.3, -0.25) is 15.1 Å². The molecule has 2 aromatic rings. The van der Waals surface area contributed by atoms with Gasteiger partial charge in [-0.1, -0.05) is 19.3 Å². The Hall–Kier alpha value is -2.61. The van der Waals surface area contributed by atoms with E-state index in [0.717, 1.165) is 60.2 Å². The number of hydrogen-bond donors (Lipinski definition) is 3. The number of carbonyl (C=O) groups is 1. The van der Waals surface area contributed by atoms with Crippen LogP contribution in [0.2, 0.25) is 0 Å². The number of nitrogens with zero attached hydrogens (tertiary/aromatic N) is 3. The quantitative estimate of drug-likeness (QED) is 0.663. The zero-order valence-electron chi connectivity index (χ0n) is 18.1. The van der Waals surface area contributed by atoms with E-state index in [-0.39, 0.29) is 17.6 Å². The maximum absolute atomic E-state index is 11.3. The van der Waals surface area contributed by atoms with Crippen LogP contribution < -0.4 is 10.8 Å². The lowest BCUT2D eigenvalue weighted by Crippen LogP contribution is -2.32. The molecule has 2 fully saturated rings. The van der Waals surface area contributed by atoms with Gasteiger partial charge >= 0.3 is 5.97 Å². The van der Waals surface area contributed by atoms with Crippen LogP contribution >= 0.6 is 0 Å². The highest BCUT2D eigenvalue weighted by Crippen LogP contribution is 2.41. The molecule has 3 aliphatic rings. The molecule has 0 aromatic carbocycles. The average Bonchev–Trinajstić information content (AvgIpc) is 3.39. The Bertz CT molecular complexity index is 1000. The van der Waals surface area contributed by atoms with Crippen molar-refractivity contribution in [2.45, 2.75) is 82.9 Å². The summed E-state index contributed by atoms with van der Waals surface area (Å²) in [4.78, 5) is 22.1. The number of hydrogen-bond acceptors (Lipinski definition) is 6. The molecule has 1 spiro atoms. The van der Waals surface area contributed by atoms with Crippen LogP contribution in [0.5, 0.6) is 0 Å². The van der Waals surface area contributed by atoms with Gasteiger partial charge in [-0.05, 0) is 51.5 Å². The van der Waals surface area contributed by atoms with Gasteiger partial charge < -0.3 is 10.4 Å². The first-order valence-electron chi connectivity index (χ1n) is 11.6. The van der Waals surface area contributed by atoms with Crippen LogP contribution in [0, 0.1) is 5.92 Å². The summed E-state index contributed by atoms with van der Waals surface area (Å²) < 4.78 is 1.90. The number of aliphatic carboxylic acids is 1. The molecule has 0 radical (unpaired) electrons. The topological polar surface area (TPSA) is 101 Å². The maximum atomic E-state index is 11.3. The van der Waals surface area contributed by atoms with Crippen molar-refractivity contribution in [1.29, 1.82) is 0 Å². The molecule has 0 amide bonds. The molecule has 166 valence electrons. The molecule has 8 heteroatoms. The number of fused-ring (bicyclic) bond motifs is 1. The van der Waals surface area contributed by atoms with Crippen LogP contribution in [0.3, 0.4) is 0 Å². The van der Waals surface area contributed by atoms with Crippen molar-refractivity contribution in [1.82, 2.24) is 20.2 Å². The number of hydroxylamine groups is 1. The van der Waals surface area contributed by atoms with Gasteiger partial charge in [-0.15, -0.1) is 0 Å². The number of anilines is 1. The van der Waals surface area contributed by atoms with Crippen molar-refractivity contribution in [3.05, 3.63) is 24.0 Å². The van der Waals surface area contributed by atoms with Crippen molar-refractivity contribution in [3.63, 3.8) is 0 Å². The van der Waals surface area contributed by atoms with Crippen molar-refractivity contribution < 1.29 is 14.7 Å². The zero-order chi connectivity index (χ0) is 21.4. The smallest absolute Gasteiger partial charge is 0.306 e. The van der Waals surface area contributed by atoms with E-state index in [1.807, 2.05) is 17.1 Å². The lowest BCUT2D eigenvalue weighted by molar-refractivity contribution is -0.142. The minimum atomic E-state index is -0.676. The Balaban J connectivity index is 1.48. The molecule has 3 N–H and O–H groups in total. The first-order valence-corrected chi connectivity index (χ1v) is 11.6. The van der Waals surface area contributed by atoms with Crippen molar-refractivity contribution in [3.8, 4) is 0 Å². The third-order valence-electron chi connectivity index (χ3n) is 7.15. The molecule has 8 nitrogen and oxygen atoms in total. The predicted octanol–water partition coefficient (Wildman–Crippen LogP) is 4.09. The molecular weight excluding hydrogens is 394 g/mol. The second kappa shape index (κ2) is 8.15. The lowest BCUT2D eigenvalue weighted by atomic mass is 9.84. The highest BCUT2D eigenvalue weighted by molar-refractivity contribution is 5.95. The van der Waals surface area contributed by atoms with E-state index in [1.54, 1.807) is 0 Å².